The van der Waals surface area contributed by atoms with Gasteiger partial charge in [-0.15, -0.1) is 0 Å². The summed E-state index contributed by atoms with van der Waals surface area (Å²) in [5.41, 5.74) is 5.87. The number of carbonyl (C=O) groups excluding carboxylic acids is 1. The molecule has 1 N–H and O–H groups in total. The first kappa shape index (κ1) is 25.8. The molecule has 1 aromatic heterocycles. The molecule has 1 fully saturated rings. The van der Waals surface area contributed by atoms with Crippen molar-refractivity contribution in [3.63, 3.8) is 0 Å². The third-order valence-corrected chi connectivity index (χ3v) is 8.02. The number of nitrogens with zero attached hydrogens (tertiary/aromatic N) is 3. The molecule has 0 saturated carbocycles. The number of aromatic nitrogens is 2. The van der Waals surface area contributed by atoms with Crippen molar-refractivity contribution >= 4 is 5.91 Å². The van der Waals surface area contributed by atoms with Crippen LogP contribution in [0.1, 0.15) is 33.6 Å². The number of benzene rings is 4. The maximum absolute atomic E-state index is 13.8. The highest BCUT2D eigenvalue weighted by Crippen LogP contribution is 2.42. The summed E-state index contributed by atoms with van der Waals surface area (Å²) >= 11 is 0. The Balaban J connectivity index is 1.46. The van der Waals surface area contributed by atoms with Gasteiger partial charge in [-0.25, -0.2) is 4.98 Å². The Labute approximate surface area is 236 Å². The van der Waals surface area contributed by atoms with Gasteiger partial charge in [-0.3, -0.25) is 4.79 Å². The average Bonchev–Trinajstić information content (AvgIpc) is 3.37. The Morgan fingerprint density at radius 2 is 1.27 bits per heavy atom. The minimum absolute atomic E-state index is 0.131. The smallest absolute Gasteiger partial charge is 0.240 e. The number of carbonyl (C=O) groups is 1. The zero-order valence-corrected chi connectivity index (χ0v) is 22.8. The van der Waals surface area contributed by atoms with E-state index in [2.05, 4.69) is 113 Å². The van der Waals surface area contributed by atoms with E-state index in [1.165, 1.54) is 0 Å². The van der Waals surface area contributed by atoms with Crippen LogP contribution in [-0.4, -0.2) is 39.5 Å². The predicted octanol–water partition coefficient (Wildman–Crippen LogP) is 5.57. The second-order valence-corrected chi connectivity index (χ2v) is 10.4. The van der Waals surface area contributed by atoms with Gasteiger partial charge in [0, 0.05) is 13.1 Å². The molecule has 6 rings (SSSR count). The standard InChI is InChI=1S/C35H34N4O/c1-27-33(25-38-23-22-36-32(34(38)40)24-28-14-6-2-7-15-28)39(26-37-27)35(29-16-8-3-9-17-29,30-18-10-4-11-19-30)31-20-12-5-13-21-31/h2-21,26,32,36H,22-25H2,1H3/t32-/m0/s1. The zero-order valence-electron chi connectivity index (χ0n) is 22.8. The van der Waals surface area contributed by atoms with Gasteiger partial charge in [-0.2, -0.15) is 0 Å². The molecule has 4 aromatic carbocycles. The molecule has 40 heavy (non-hydrogen) atoms. The van der Waals surface area contributed by atoms with Gasteiger partial charge in [0.15, 0.2) is 0 Å². The van der Waals surface area contributed by atoms with Gasteiger partial charge in [-0.1, -0.05) is 121 Å². The monoisotopic (exact) mass is 526 g/mol. The number of piperazine rings is 1. The molecule has 1 atom stereocenters. The lowest BCUT2D eigenvalue weighted by Gasteiger charge is -2.40. The van der Waals surface area contributed by atoms with E-state index in [9.17, 15) is 4.79 Å². The summed E-state index contributed by atoms with van der Waals surface area (Å²) in [6, 6.07) is 41.8. The lowest BCUT2D eigenvalue weighted by molar-refractivity contribution is -0.136. The molecule has 5 nitrogen and oxygen atoms in total. The number of aryl methyl sites for hydroxylation is 1. The predicted molar refractivity (Wildman–Crippen MR) is 159 cm³/mol. The van der Waals surface area contributed by atoms with Crippen molar-refractivity contribution in [1.82, 2.24) is 19.8 Å². The lowest BCUT2D eigenvalue weighted by atomic mass is 9.76. The van der Waals surface area contributed by atoms with Crippen molar-refractivity contribution in [2.24, 2.45) is 0 Å². The summed E-state index contributed by atoms with van der Waals surface area (Å²) in [6.45, 7) is 3.96. The molecule has 200 valence electrons. The van der Waals surface area contributed by atoms with Crippen molar-refractivity contribution in [3.05, 3.63) is 161 Å². The lowest BCUT2D eigenvalue weighted by Crippen LogP contribution is -2.55. The number of hydrogen-bond donors (Lipinski definition) is 1. The van der Waals surface area contributed by atoms with Crippen molar-refractivity contribution < 1.29 is 4.79 Å². The number of amides is 1. The van der Waals surface area contributed by atoms with Gasteiger partial charge in [-0.05, 0) is 35.6 Å². The van der Waals surface area contributed by atoms with Crippen molar-refractivity contribution in [2.75, 3.05) is 13.1 Å². The third kappa shape index (κ3) is 4.74. The van der Waals surface area contributed by atoms with E-state index in [0.717, 1.165) is 40.2 Å². The molecule has 1 aliphatic rings. The van der Waals surface area contributed by atoms with Crippen LogP contribution in [0.2, 0.25) is 0 Å². The number of rotatable bonds is 8. The fraction of sp³-hybridized carbons (Fsp3) is 0.200. The number of hydrogen-bond acceptors (Lipinski definition) is 3. The van der Waals surface area contributed by atoms with Crippen molar-refractivity contribution in [3.8, 4) is 0 Å². The summed E-state index contributed by atoms with van der Waals surface area (Å²) < 4.78 is 2.30. The second-order valence-electron chi connectivity index (χ2n) is 10.4. The van der Waals surface area contributed by atoms with E-state index < -0.39 is 5.54 Å². The van der Waals surface area contributed by atoms with Crippen LogP contribution in [0.15, 0.2) is 128 Å². The maximum atomic E-state index is 13.8. The van der Waals surface area contributed by atoms with Crippen LogP contribution in [0, 0.1) is 6.92 Å². The van der Waals surface area contributed by atoms with Crippen LogP contribution in [0.4, 0.5) is 0 Å². The van der Waals surface area contributed by atoms with Crippen molar-refractivity contribution in [2.45, 2.75) is 31.5 Å². The zero-order chi connectivity index (χ0) is 27.4. The highest BCUT2D eigenvalue weighted by molar-refractivity contribution is 5.83. The molecule has 1 aliphatic heterocycles. The number of imidazole rings is 1. The van der Waals surface area contributed by atoms with E-state index in [-0.39, 0.29) is 11.9 Å². The molecule has 0 bridgehead atoms. The maximum Gasteiger partial charge on any atom is 0.240 e. The number of nitrogens with one attached hydrogen (secondary N) is 1. The quantitative estimate of drug-likeness (QED) is 0.269. The second kappa shape index (κ2) is 11.3. The first-order valence-electron chi connectivity index (χ1n) is 13.9. The minimum atomic E-state index is -0.666. The summed E-state index contributed by atoms with van der Waals surface area (Å²) in [4.78, 5) is 20.6. The fourth-order valence-electron chi connectivity index (χ4n) is 6.04. The molecule has 2 heterocycles. The van der Waals surface area contributed by atoms with Crippen LogP contribution in [0.25, 0.3) is 0 Å². The Morgan fingerprint density at radius 1 is 0.775 bits per heavy atom. The topological polar surface area (TPSA) is 50.2 Å². The minimum Gasteiger partial charge on any atom is -0.334 e. The Hall–Kier alpha value is -4.48. The van der Waals surface area contributed by atoms with E-state index >= 15 is 0 Å². The molecule has 0 aliphatic carbocycles. The Kier molecular flexibility index (Phi) is 7.30. The normalized spacial score (nSPS) is 15.8. The van der Waals surface area contributed by atoms with Gasteiger partial charge < -0.3 is 14.8 Å². The first-order chi connectivity index (χ1) is 19.7. The summed E-state index contributed by atoms with van der Waals surface area (Å²) in [5, 5.41) is 3.45. The van der Waals surface area contributed by atoms with Gasteiger partial charge in [0.05, 0.1) is 30.3 Å². The van der Waals surface area contributed by atoms with Gasteiger partial charge in [0.1, 0.15) is 5.54 Å². The fourth-order valence-corrected chi connectivity index (χ4v) is 6.04. The van der Waals surface area contributed by atoms with E-state index in [1.807, 2.05) is 36.4 Å². The molecule has 0 radical (unpaired) electrons. The van der Waals surface area contributed by atoms with Gasteiger partial charge in [0.2, 0.25) is 5.91 Å². The highest BCUT2D eigenvalue weighted by Gasteiger charge is 2.41. The van der Waals surface area contributed by atoms with Crippen LogP contribution >= 0.6 is 0 Å². The summed E-state index contributed by atoms with van der Waals surface area (Å²) in [6.07, 6.45) is 2.63. The molecular weight excluding hydrogens is 492 g/mol. The van der Waals surface area contributed by atoms with Gasteiger partial charge in [0.25, 0.3) is 0 Å². The SMILES string of the molecule is Cc1ncn(C(c2ccccc2)(c2ccccc2)c2ccccc2)c1CN1CCN[C@@H](Cc2ccccc2)C1=O. The first-order valence-corrected chi connectivity index (χ1v) is 13.9. The van der Waals surface area contributed by atoms with Crippen LogP contribution in [0.3, 0.4) is 0 Å². The molecule has 0 spiro atoms. The largest absolute Gasteiger partial charge is 0.334 e. The average molecular weight is 527 g/mol. The molecule has 5 heteroatoms. The highest BCUT2D eigenvalue weighted by atomic mass is 16.2. The molecule has 5 aromatic rings. The van der Waals surface area contributed by atoms with Gasteiger partial charge >= 0.3 is 0 Å². The van der Waals surface area contributed by atoms with Crippen LogP contribution < -0.4 is 5.32 Å². The summed E-state index contributed by atoms with van der Waals surface area (Å²) in [7, 11) is 0. The van der Waals surface area contributed by atoms with E-state index in [0.29, 0.717) is 19.5 Å². The summed E-state index contributed by atoms with van der Waals surface area (Å²) in [5.74, 6) is 0.131. The third-order valence-electron chi connectivity index (χ3n) is 8.02. The van der Waals surface area contributed by atoms with E-state index in [1.54, 1.807) is 0 Å². The molecular formula is C35H34N4O. The van der Waals surface area contributed by atoms with Crippen molar-refractivity contribution in [1.29, 1.82) is 0 Å². The van der Waals surface area contributed by atoms with Crippen LogP contribution in [0.5, 0.6) is 0 Å². The van der Waals surface area contributed by atoms with E-state index in [4.69, 9.17) is 4.98 Å². The Morgan fingerprint density at radius 3 is 1.80 bits per heavy atom. The van der Waals surface area contributed by atoms with Crippen LogP contribution in [-0.2, 0) is 23.3 Å². The molecule has 1 saturated heterocycles. The Bertz CT molecular complexity index is 1450. The molecule has 1 amide bonds. The molecule has 0 unspecified atom stereocenters.